The van der Waals surface area contributed by atoms with Crippen LogP contribution in [0.1, 0.15) is 22.3 Å². The van der Waals surface area contributed by atoms with Gasteiger partial charge in [-0.2, -0.15) is 0 Å². The third-order valence-corrected chi connectivity index (χ3v) is 5.15. The van der Waals surface area contributed by atoms with Crippen LogP contribution in [0.2, 0.25) is 0 Å². The van der Waals surface area contributed by atoms with Crippen molar-refractivity contribution >= 4 is 10.8 Å². The van der Waals surface area contributed by atoms with Gasteiger partial charge in [0.2, 0.25) is 0 Å². The highest BCUT2D eigenvalue weighted by molar-refractivity contribution is 5.96. The van der Waals surface area contributed by atoms with Crippen LogP contribution in [0.3, 0.4) is 0 Å². The van der Waals surface area contributed by atoms with Crippen molar-refractivity contribution in [2.75, 3.05) is 0 Å². The van der Waals surface area contributed by atoms with E-state index >= 15 is 0 Å². The topological polar surface area (TPSA) is 0 Å². The monoisotopic (exact) mass is 322 g/mol. The molecule has 0 aliphatic rings. The quantitative estimate of drug-likeness (QED) is 0.393. The Hall–Kier alpha value is -2.86. The Kier molecular flexibility index (Phi) is 4.11. The molecule has 25 heavy (non-hydrogen) atoms. The lowest BCUT2D eigenvalue weighted by atomic mass is 9.84. The van der Waals surface area contributed by atoms with Crippen molar-refractivity contribution in [1.29, 1.82) is 0 Å². The van der Waals surface area contributed by atoms with Gasteiger partial charge in [0.25, 0.3) is 0 Å². The fraction of sp³-hybridized carbons (Fsp3) is 0.120. The summed E-state index contributed by atoms with van der Waals surface area (Å²) in [5.74, 6) is 0. The number of benzene rings is 4. The Balaban J connectivity index is 2.03. The molecule has 4 rings (SSSR count). The highest BCUT2D eigenvalue weighted by atomic mass is 14.2. The normalized spacial score (nSPS) is 11.0. The second kappa shape index (κ2) is 6.57. The van der Waals surface area contributed by atoms with Gasteiger partial charge in [0, 0.05) is 0 Å². The SMILES string of the molecule is Cc1c(Cc2ccccc2)c(-c2ccccc2)c(C)c2ccccc12. The molecule has 0 fully saturated rings. The molecule has 0 spiro atoms. The highest BCUT2D eigenvalue weighted by Gasteiger charge is 2.16. The molecule has 0 saturated heterocycles. The maximum atomic E-state index is 2.27. The largest absolute Gasteiger partial charge is 0.0622 e. The fourth-order valence-corrected chi connectivity index (χ4v) is 3.86. The number of fused-ring (bicyclic) bond motifs is 1. The van der Waals surface area contributed by atoms with Gasteiger partial charge in [-0.05, 0) is 64.4 Å². The molecule has 0 N–H and O–H groups in total. The van der Waals surface area contributed by atoms with Gasteiger partial charge in [-0.15, -0.1) is 0 Å². The molecule has 122 valence electrons. The van der Waals surface area contributed by atoms with E-state index in [1.165, 1.54) is 44.2 Å². The minimum atomic E-state index is 0.961. The van der Waals surface area contributed by atoms with Gasteiger partial charge < -0.3 is 0 Å². The van der Waals surface area contributed by atoms with Crippen molar-refractivity contribution in [3.63, 3.8) is 0 Å². The van der Waals surface area contributed by atoms with Crippen molar-refractivity contribution in [3.8, 4) is 11.1 Å². The summed E-state index contributed by atoms with van der Waals surface area (Å²) in [4.78, 5) is 0. The predicted octanol–water partition coefficient (Wildman–Crippen LogP) is 6.71. The van der Waals surface area contributed by atoms with E-state index in [0.29, 0.717) is 0 Å². The average Bonchev–Trinajstić information content (AvgIpc) is 2.68. The zero-order chi connectivity index (χ0) is 17.2. The van der Waals surface area contributed by atoms with E-state index in [1.54, 1.807) is 0 Å². The lowest BCUT2D eigenvalue weighted by Crippen LogP contribution is -2.00. The Morgan fingerprint density at radius 1 is 0.560 bits per heavy atom. The van der Waals surface area contributed by atoms with Gasteiger partial charge in [-0.1, -0.05) is 84.9 Å². The summed E-state index contributed by atoms with van der Waals surface area (Å²) < 4.78 is 0. The van der Waals surface area contributed by atoms with Gasteiger partial charge in [0.05, 0.1) is 0 Å². The Bertz CT molecular complexity index is 1010. The first-order valence-corrected chi connectivity index (χ1v) is 8.86. The molecule has 4 aromatic rings. The van der Waals surface area contributed by atoms with Crippen LogP contribution in [0, 0.1) is 13.8 Å². The molecule has 0 nitrogen and oxygen atoms in total. The van der Waals surface area contributed by atoms with Crippen LogP contribution in [0.15, 0.2) is 84.9 Å². The second-order valence-corrected chi connectivity index (χ2v) is 6.68. The van der Waals surface area contributed by atoms with Crippen LogP contribution >= 0.6 is 0 Å². The first-order chi connectivity index (χ1) is 12.3. The molecule has 0 heteroatoms. The van der Waals surface area contributed by atoms with Crippen molar-refractivity contribution < 1.29 is 0 Å². The maximum Gasteiger partial charge on any atom is -0.00167 e. The van der Waals surface area contributed by atoms with Crippen molar-refractivity contribution in [3.05, 3.63) is 107 Å². The molecule has 0 aromatic heterocycles. The summed E-state index contributed by atoms with van der Waals surface area (Å²) in [6.07, 6.45) is 0.961. The van der Waals surface area contributed by atoms with E-state index in [1.807, 2.05) is 0 Å². The molecule has 0 atom stereocenters. The van der Waals surface area contributed by atoms with Gasteiger partial charge in [0.1, 0.15) is 0 Å². The first kappa shape index (κ1) is 15.7. The summed E-state index contributed by atoms with van der Waals surface area (Å²) in [7, 11) is 0. The molecule has 0 unspecified atom stereocenters. The molecule has 0 aliphatic carbocycles. The molecule has 0 amide bonds. The van der Waals surface area contributed by atoms with Crippen LogP contribution in [-0.4, -0.2) is 0 Å². The standard InChI is InChI=1S/C25H22/c1-18-22-15-9-10-16-23(22)19(2)25(21-13-7-4-8-14-21)24(18)17-20-11-5-3-6-12-20/h3-16H,17H2,1-2H3. The molecule has 4 aromatic carbocycles. The Labute approximate surface area is 149 Å². The van der Waals surface area contributed by atoms with E-state index in [2.05, 4.69) is 98.8 Å². The average molecular weight is 322 g/mol. The van der Waals surface area contributed by atoms with E-state index in [0.717, 1.165) is 6.42 Å². The predicted molar refractivity (Wildman–Crippen MR) is 108 cm³/mol. The van der Waals surface area contributed by atoms with Crippen LogP contribution in [0.5, 0.6) is 0 Å². The third-order valence-electron chi connectivity index (χ3n) is 5.15. The van der Waals surface area contributed by atoms with Crippen LogP contribution < -0.4 is 0 Å². The molecular formula is C25H22. The minimum Gasteiger partial charge on any atom is -0.0622 e. The van der Waals surface area contributed by atoms with Gasteiger partial charge in [-0.3, -0.25) is 0 Å². The highest BCUT2D eigenvalue weighted by Crippen LogP contribution is 2.37. The Morgan fingerprint density at radius 3 is 1.72 bits per heavy atom. The van der Waals surface area contributed by atoms with Crippen molar-refractivity contribution in [1.82, 2.24) is 0 Å². The van der Waals surface area contributed by atoms with E-state index in [-0.39, 0.29) is 0 Å². The molecule has 0 bridgehead atoms. The van der Waals surface area contributed by atoms with Gasteiger partial charge >= 0.3 is 0 Å². The van der Waals surface area contributed by atoms with E-state index in [9.17, 15) is 0 Å². The lowest BCUT2D eigenvalue weighted by Gasteiger charge is -2.20. The molecular weight excluding hydrogens is 300 g/mol. The zero-order valence-corrected chi connectivity index (χ0v) is 14.8. The summed E-state index contributed by atoms with van der Waals surface area (Å²) in [6, 6.07) is 30.4. The third kappa shape index (κ3) is 2.85. The van der Waals surface area contributed by atoms with Gasteiger partial charge in [0.15, 0.2) is 0 Å². The summed E-state index contributed by atoms with van der Waals surface area (Å²) in [6.45, 7) is 4.53. The zero-order valence-electron chi connectivity index (χ0n) is 14.8. The van der Waals surface area contributed by atoms with Crippen molar-refractivity contribution in [2.45, 2.75) is 20.3 Å². The van der Waals surface area contributed by atoms with Crippen LogP contribution in [-0.2, 0) is 6.42 Å². The summed E-state index contributed by atoms with van der Waals surface area (Å²) >= 11 is 0. The molecule has 0 aliphatic heterocycles. The van der Waals surface area contributed by atoms with Crippen LogP contribution in [0.25, 0.3) is 21.9 Å². The number of rotatable bonds is 3. The first-order valence-electron chi connectivity index (χ1n) is 8.86. The van der Waals surface area contributed by atoms with Gasteiger partial charge in [-0.25, -0.2) is 0 Å². The minimum absolute atomic E-state index is 0.961. The lowest BCUT2D eigenvalue weighted by molar-refractivity contribution is 1.16. The second-order valence-electron chi connectivity index (χ2n) is 6.68. The van der Waals surface area contributed by atoms with E-state index < -0.39 is 0 Å². The number of aryl methyl sites for hydroxylation is 2. The number of hydrogen-bond acceptors (Lipinski definition) is 0. The van der Waals surface area contributed by atoms with Crippen molar-refractivity contribution in [2.24, 2.45) is 0 Å². The Morgan fingerprint density at radius 2 is 1.08 bits per heavy atom. The molecule has 0 radical (unpaired) electrons. The van der Waals surface area contributed by atoms with Crippen LogP contribution in [0.4, 0.5) is 0 Å². The summed E-state index contributed by atoms with van der Waals surface area (Å²) in [5, 5.41) is 2.72. The number of hydrogen-bond donors (Lipinski definition) is 0. The smallest absolute Gasteiger partial charge is 0.00167 e. The molecule has 0 saturated carbocycles. The summed E-state index contributed by atoms with van der Waals surface area (Å²) in [5.41, 5.74) is 8.26. The van der Waals surface area contributed by atoms with E-state index in [4.69, 9.17) is 0 Å². The fourth-order valence-electron chi connectivity index (χ4n) is 3.86. The molecule has 0 heterocycles. The maximum absolute atomic E-state index is 2.27.